The molecule has 3 heteroatoms. The first-order valence-electron chi connectivity index (χ1n) is 4.18. The Labute approximate surface area is 82.6 Å². The molecule has 0 bridgehead atoms. The zero-order chi connectivity index (χ0) is 10.6. The Kier molecular flexibility index (Phi) is 3.27. The topological polar surface area (TPSA) is 63.3 Å². The minimum atomic E-state index is -1.02. The largest absolute Gasteiger partial charge is 0.480 e. The Balaban J connectivity index is 2.87. The predicted molar refractivity (Wildman–Crippen MR) is 53.7 cm³/mol. The van der Waals surface area contributed by atoms with Crippen LogP contribution in [0.1, 0.15) is 11.1 Å². The summed E-state index contributed by atoms with van der Waals surface area (Å²) in [6, 6.07) is 6.28. The van der Waals surface area contributed by atoms with Crippen molar-refractivity contribution < 1.29 is 9.90 Å². The summed E-state index contributed by atoms with van der Waals surface area (Å²) in [4.78, 5) is 10.5. The summed E-state index contributed by atoms with van der Waals surface area (Å²) in [6.07, 6.45) is 5.52. The molecular weight excluding hydrogens is 178 g/mol. The van der Waals surface area contributed by atoms with Crippen molar-refractivity contribution in [3.8, 4) is 12.3 Å². The Bertz CT molecular complexity index is 379. The molecule has 0 fully saturated rings. The molecule has 1 aromatic carbocycles. The summed E-state index contributed by atoms with van der Waals surface area (Å²) in [7, 11) is 0. The molecule has 0 radical (unpaired) electrons. The van der Waals surface area contributed by atoms with Crippen LogP contribution in [0.2, 0.25) is 0 Å². The summed E-state index contributed by atoms with van der Waals surface area (Å²) in [5, 5.41) is 8.63. The first-order valence-corrected chi connectivity index (χ1v) is 4.18. The smallest absolute Gasteiger partial charge is 0.320 e. The van der Waals surface area contributed by atoms with Crippen LogP contribution in [0.15, 0.2) is 24.3 Å². The van der Waals surface area contributed by atoms with Crippen molar-refractivity contribution in [1.82, 2.24) is 0 Å². The van der Waals surface area contributed by atoms with E-state index < -0.39 is 12.0 Å². The van der Waals surface area contributed by atoms with Gasteiger partial charge in [-0.15, -0.1) is 6.42 Å². The van der Waals surface area contributed by atoms with Gasteiger partial charge in [0, 0.05) is 5.56 Å². The van der Waals surface area contributed by atoms with E-state index in [4.69, 9.17) is 17.3 Å². The van der Waals surface area contributed by atoms with Gasteiger partial charge in [-0.25, -0.2) is 0 Å². The number of terminal acetylenes is 1. The third-order valence-electron chi connectivity index (χ3n) is 1.93. The van der Waals surface area contributed by atoms with Gasteiger partial charge in [-0.1, -0.05) is 24.1 Å². The fourth-order valence-corrected chi connectivity index (χ4v) is 1.16. The molecule has 0 heterocycles. The van der Waals surface area contributed by atoms with E-state index >= 15 is 0 Å². The van der Waals surface area contributed by atoms with Crippen molar-refractivity contribution in [3.05, 3.63) is 35.4 Å². The maximum atomic E-state index is 10.5. The number of benzene rings is 1. The number of rotatable bonds is 3. The monoisotopic (exact) mass is 189 g/mol. The molecule has 3 N–H and O–H groups in total. The highest BCUT2D eigenvalue weighted by atomic mass is 16.4. The second-order valence-electron chi connectivity index (χ2n) is 2.95. The van der Waals surface area contributed by atoms with Crippen LogP contribution in [-0.2, 0) is 11.2 Å². The summed E-state index contributed by atoms with van der Waals surface area (Å²) >= 11 is 0. The van der Waals surface area contributed by atoms with Crippen molar-refractivity contribution in [2.45, 2.75) is 12.5 Å². The SMILES string of the molecule is C#Cc1ccccc1CC(N)C(=O)O. The lowest BCUT2D eigenvalue weighted by Gasteiger charge is -2.07. The first kappa shape index (κ1) is 10.3. The van der Waals surface area contributed by atoms with Gasteiger partial charge in [0.15, 0.2) is 0 Å². The third kappa shape index (κ3) is 2.35. The lowest BCUT2D eigenvalue weighted by molar-refractivity contribution is -0.138. The lowest BCUT2D eigenvalue weighted by Crippen LogP contribution is -2.32. The minimum absolute atomic E-state index is 0.260. The molecule has 0 spiro atoms. The summed E-state index contributed by atoms with van der Waals surface area (Å²) in [5.41, 5.74) is 6.90. The van der Waals surface area contributed by atoms with E-state index in [1.807, 2.05) is 12.1 Å². The van der Waals surface area contributed by atoms with Crippen LogP contribution in [-0.4, -0.2) is 17.1 Å². The Morgan fingerprint density at radius 1 is 1.57 bits per heavy atom. The highest BCUT2D eigenvalue weighted by Gasteiger charge is 2.13. The number of carbonyl (C=O) groups is 1. The molecular formula is C11H11NO2. The second kappa shape index (κ2) is 4.45. The average molecular weight is 189 g/mol. The van der Waals surface area contributed by atoms with Gasteiger partial charge >= 0.3 is 5.97 Å². The number of hydrogen-bond acceptors (Lipinski definition) is 2. The van der Waals surface area contributed by atoms with Crippen LogP contribution in [0.25, 0.3) is 0 Å². The van der Waals surface area contributed by atoms with Gasteiger partial charge in [-0.2, -0.15) is 0 Å². The molecule has 3 nitrogen and oxygen atoms in total. The molecule has 0 amide bonds. The number of carboxylic acid groups (broad SMARTS) is 1. The van der Waals surface area contributed by atoms with Crippen LogP contribution < -0.4 is 5.73 Å². The highest BCUT2D eigenvalue weighted by Crippen LogP contribution is 2.09. The van der Waals surface area contributed by atoms with Gasteiger partial charge in [0.2, 0.25) is 0 Å². The Morgan fingerprint density at radius 2 is 2.21 bits per heavy atom. The molecule has 1 rings (SSSR count). The maximum Gasteiger partial charge on any atom is 0.320 e. The van der Waals surface area contributed by atoms with Crippen LogP contribution in [0, 0.1) is 12.3 Å². The number of hydrogen-bond donors (Lipinski definition) is 2. The van der Waals surface area contributed by atoms with Gasteiger partial charge < -0.3 is 10.8 Å². The average Bonchev–Trinajstić information content (AvgIpc) is 2.18. The van der Waals surface area contributed by atoms with Gasteiger partial charge in [0.1, 0.15) is 6.04 Å². The van der Waals surface area contributed by atoms with Crippen LogP contribution in [0.5, 0.6) is 0 Å². The predicted octanol–water partition coefficient (Wildman–Crippen LogP) is 0.622. The highest BCUT2D eigenvalue weighted by molar-refractivity contribution is 5.73. The Morgan fingerprint density at radius 3 is 2.79 bits per heavy atom. The van der Waals surface area contributed by atoms with Gasteiger partial charge in [-0.05, 0) is 18.1 Å². The van der Waals surface area contributed by atoms with Crippen LogP contribution in [0.3, 0.4) is 0 Å². The molecule has 1 aromatic rings. The van der Waals surface area contributed by atoms with Crippen LogP contribution >= 0.6 is 0 Å². The summed E-state index contributed by atoms with van der Waals surface area (Å²) < 4.78 is 0. The fraction of sp³-hybridized carbons (Fsp3) is 0.182. The molecule has 0 aromatic heterocycles. The Hall–Kier alpha value is -1.79. The van der Waals surface area contributed by atoms with E-state index in [1.165, 1.54) is 0 Å². The number of nitrogens with two attached hydrogens (primary N) is 1. The van der Waals surface area contributed by atoms with E-state index in [9.17, 15) is 4.79 Å². The molecule has 1 unspecified atom stereocenters. The van der Waals surface area contributed by atoms with Gasteiger partial charge in [0.25, 0.3) is 0 Å². The van der Waals surface area contributed by atoms with Crippen molar-refractivity contribution in [2.75, 3.05) is 0 Å². The maximum absolute atomic E-state index is 10.5. The van der Waals surface area contributed by atoms with Crippen molar-refractivity contribution >= 4 is 5.97 Å². The molecule has 72 valence electrons. The second-order valence-corrected chi connectivity index (χ2v) is 2.95. The summed E-state index contributed by atoms with van der Waals surface area (Å²) in [5.74, 6) is 1.47. The third-order valence-corrected chi connectivity index (χ3v) is 1.93. The fourth-order valence-electron chi connectivity index (χ4n) is 1.16. The number of aliphatic carboxylic acids is 1. The van der Waals surface area contributed by atoms with Crippen molar-refractivity contribution in [2.24, 2.45) is 5.73 Å². The quantitative estimate of drug-likeness (QED) is 0.685. The molecule has 1 atom stereocenters. The molecule has 0 aliphatic rings. The van der Waals surface area contributed by atoms with Gasteiger partial charge in [-0.3, -0.25) is 4.79 Å². The molecule has 0 aliphatic carbocycles. The zero-order valence-electron chi connectivity index (χ0n) is 7.60. The zero-order valence-corrected chi connectivity index (χ0v) is 7.60. The minimum Gasteiger partial charge on any atom is -0.480 e. The molecule has 0 saturated heterocycles. The van der Waals surface area contributed by atoms with E-state index in [0.717, 1.165) is 5.56 Å². The van der Waals surface area contributed by atoms with Crippen molar-refractivity contribution in [3.63, 3.8) is 0 Å². The van der Waals surface area contributed by atoms with E-state index in [-0.39, 0.29) is 6.42 Å². The lowest BCUT2D eigenvalue weighted by atomic mass is 10.0. The van der Waals surface area contributed by atoms with E-state index in [0.29, 0.717) is 5.56 Å². The molecule has 14 heavy (non-hydrogen) atoms. The molecule has 0 aliphatic heterocycles. The standard InChI is InChI=1S/C11H11NO2/c1-2-8-5-3-4-6-9(8)7-10(12)11(13)14/h1,3-6,10H,7,12H2,(H,13,14). The number of carboxylic acids is 1. The first-order chi connectivity index (χ1) is 6.65. The van der Waals surface area contributed by atoms with E-state index in [2.05, 4.69) is 5.92 Å². The van der Waals surface area contributed by atoms with Crippen LogP contribution in [0.4, 0.5) is 0 Å². The summed E-state index contributed by atoms with van der Waals surface area (Å²) in [6.45, 7) is 0. The normalized spacial score (nSPS) is 11.7. The van der Waals surface area contributed by atoms with E-state index in [1.54, 1.807) is 12.1 Å². The van der Waals surface area contributed by atoms with Gasteiger partial charge in [0.05, 0.1) is 0 Å². The molecule has 0 saturated carbocycles. The van der Waals surface area contributed by atoms with Crippen molar-refractivity contribution in [1.29, 1.82) is 0 Å².